The van der Waals surface area contributed by atoms with Crippen molar-refractivity contribution in [2.45, 2.75) is 43.9 Å². The van der Waals surface area contributed by atoms with E-state index in [4.69, 9.17) is 18.9 Å². The van der Waals surface area contributed by atoms with Crippen LogP contribution in [0.5, 0.6) is 0 Å². The summed E-state index contributed by atoms with van der Waals surface area (Å²) in [5.41, 5.74) is 4.56. The lowest BCUT2D eigenvalue weighted by Gasteiger charge is -2.30. The monoisotopic (exact) mass is 498 g/mol. The minimum absolute atomic E-state index is 0.232. The van der Waals surface area contributed by atoms with Crippen LogP contribution in [0.2, 0.25) is 0 Å². The third kappa shape index (κ3) is 4.18. The van der Waals surface area contributed by atoms with Gasteiger partial charge in [0.2, 0.25) is 0 Å². The molecular weight excluding hydrogens is 472 g/mol. The number of hydrogen-bond acceptors (Lipinski definition) is 10. The number of hydrogen-bond donors (Lipinski definition) is 1. The van der Waals surface area contributed by atoms with E-state index in [0.717, 1.165) is 80.1 Å². The second kappa shape index (κ2) is 9.14. The largest absolute Gasteiger partial charge is 0.403 e. The molecule has 7 heterocycles. The zero-order chi connectivity index (χ0) is 24.8. The number of morpholine rings is 1. The first-order valence-corrected chi connectivity index (χ1v) is 12.7. The van der Waals surface area contributed by atoms with Gasteiger partial charge in [0.05, 0.1) is 52.1 Å². The molecule has 0 saturated carbocycles. The molecule has 37 heavy (non-hydrogen) atoms. The summed E-state index contributed by atoms with van der Waals surface area (Å²) in [6.07, 6.45) is 7.78. The molecule has 2 atom stereocenters. The van der Waals surface area contributed by atoms with Crippen molar-refractivity contribution in [3.8, 4) is 28.9 Å². The zero-order valence-corrected chi connectivity index (χ0v) is 20.2. The Kier molecular flexibility index (Phi) is 5.48. The number of anilines is 2. The van der Waals surface area contributed by atoms with E-state index in [2.05, 4.69) is 31.6 Å². The highest BCUT2D eigenvalue weighted by atomic mass is 16.5. The maximum Gasteiger partial charge on any atom is 0.318 e. The molecule has 0 aromatic carbocycles. The van der Waals surface area contributed by atoms with Gasteiger partial charge in [-0.3, -0.25) is 4.98 Å². The van der Waals surface area contributed by atoms with Gasteiger partial charge in [0, 0.05) is 38.5 Å². The van der Waals surface area contributed by atoms with Crippen molar-refractivity contribution < 1.29 is 13.9 Å². The van der Waals surface area contributed by atoms with Crippen LogP contribution in [0.15, 0.2) is 41.1 Å². The first kappa shape index (κ1) is 22.2. The van der Waals surface area contributed by atoms with Crippen LogP contribution >= 0.6 is 0 Å². The molecule has 2 unspecified atom stereocenters. The second-order valence-electron chi connectivity index (χ2n) is 9.81. The van der Waals surface area contributed by atoms with Crippen LogP contribution in [0.1, 0.15) is 31.2 Å². The quantitative estimate of drug-likeness (QED) is 0.438. The summed E-state index contributed by atoms with van der Waals surface area (Å²) in [5.74, 6) is 0.430. The lowest BCUT2D eigenvalue weighted by atomic mass is 10.1. The molecule has 11 nitrogen and oxygen atoms in total. The van der Waals surface area contributed by atoms with E-state index in [1.165, 1.54) is 0 Å². The minimum Gasteiger partial charge on any atom is -0.403 e. The van der Waals surface area contributed by atoms with Gasteiger partial charge >= 0.3 is 6.01 Å². The molecule has 188 valence electrons. The number of fused-ring (bicyclic) bond motifs is 3. The number of nitrogens with one attached hydrogen (secondary N) is 1. The summed E-state index contributed by atoms with van der Waals surface area (Å²) < 4.78 is 19.5. The number of nitriles is 1. The van der Waals surface area contributed by atoms with Crippen molar-refractivity contribution in [3.63, 3.8) is 0 Å². The highest BCUT2D eigenvalue weighted by Gasteiger charge is 2.36. The molecule has 0 amide bonds. The fraction of sp³-hybridized carbons (Fsp3) is 0.423. The second-order valence-corrected chi connectivity index (χ2v) is 9.81. The van der Waals surface area contributed by atoms with Gasteiger partial charge in [-0.2, -0.15) is 10.4 Å². The lowest BCUT2D eigenvalue weighted by molar-refractivity contribution is 0.0288. The van der Waals surface area contributed by atoms with Crippen LogP contribution in [0.3, 0.4) is 0 Å². The van der Waals surface area contributed by atoms with Gasteiger partial charge in [-0.15, -0.1) is 5.10 Å². The SMILES string of the molecule is N#Cc1cnn2c(-c3cc(NC4CCOCC4)c(-c4nnc(N5CC6CCC(C5)O6)o4)cn3)ccc2c1. The van der Waals surface area contributed by atoms with E-state index in [0.29, 0.717) is 17.5 Å². The van der Waals surface area contributed by atoms with Crippen LogP contribution in [0.25, 0.3) is 28.4 Å². The summed E-state index contributed by atoms with van der Waals surface area (Å²) in [4.78, 5) is 6.88. The van der Waals surface area contributed by atoms with E-state index in [1.807, 2.05) is 24.3 Å². The van der Waals surface area contributed by atoms with Gasteiger partial charge in [-0.05, 0) is 49.9 Å². The third-order valence-electron chi connectivity index (χ3n) is 7.34. The molecule has 3 aliphatic heterocycles. The maximum absolute atomic E-state index is 9.21. The molecule has 0 aliphatic carbocycles. The van der Waals surface area contributed by atoms with E-state index >= 15 is 0 Å². The summed E-state index contributed by atoms with van der Waals surface area (Å²) in [6, 6.07) is 10.6. The molecule has 4 aromatic rings. The van der Waals surface area contributed by atoms with E-state index in [9.17, 15) is 5.26 Å². The van der Waals surface area contributed by atoms with Crippen molar-refractivity contribution >= 4 is 17.2 Å². The van der Waals surface area contributed by atoms with Crippen LogP contribution in [-0.2, 0) is 9.47 Å². The highest BCUT2D eigenvalue weighted by molar-refractivity contribution is 5.77. The molecule has 3 saturated heterocycles. The van der Waals surface area contributed by atoms with Gasteiger partial charge < -0.3 is 24.1 Å². The van der Waals surface area contributed by atoms with Crippen LogP contribution in [0.4, 0.5) is 11.7 Å². The Morgan fingerprint density at radius 1 is 1.00 bits per heavy atom. The van der Waals surface area contributed by atoms with E-state index < -0.39 is 0 Å². The van der Waals surface area contributed by atoms with E-state index in [1.54, 1.807) is 16.9 Å². The van der Waals surface area contributed by atoms with Gasteiger partial charge in [0.15, 0.2) is 0 Å². The van der Waals surface area contributed by atoms with Crippen molar-refractivity contribution in [2.24, 2.45) is 0 Å². The average molecular weight is 499 g/mol. The van der Waals surface area contributed by atoms with Crippen LogP contribution in [-0.4, -0.2) is 69.3 Å². The average Bonchev–Trinajstić information content (AvgIpc) is 3.67. The maximum atomic E-state index is 9.21. The summed E-state index contributed by atoms with van der Waals surface area (Å²) in [7, 11) is 0. The molecule has 7 rings (SSSR count). The normalized spacial score (nSPS) is 21.9. The Bertz CT molecular complexity index is 1470. The molecule has 3 aliphatic rings. The predicted molar refractivity (Wildman–Crippen MR) is 134 cm³/mol. The predicted octanol–water partition coefficient (Wildman–Crippen LogP) is 3.28. The number of nitrogens with zero attached hydrogens (tertiary/aromatic N) is 7. The van der Waals surface area contributed by atoms with Gasteiger partial charge in [0.1, 0.15) is 6.07 Å². The van der Waals surface area contributed by atoms with Crippen LogP contribution < -0.4 is 10.2 Å². The Morgan fingerprint density at radius 2 is 1.84 bits per heavy atom. The van der Waals surface area contributed by atoms with Gasteiger partial charge in [0.25, 0.3) is 5.89 Å². The minimum atomic E-state index is 0.232. The number of rotatable bonds is 5. The molecule has 2 bridgehead atoms. The third-order valence-corrected chi connectivity index (χ3v) is 7.34. The smallest absolute Gasteiger partial charge is 0.318 e. The van der Waals surface area contributed by atoms with E-state index in [-0.39, 0.29) is 18.2 Å². The summed E-state index contributed by atoms with van der Waals surface area (Å²) >= 11 is 0. The first-order valence-electron chi connectivity index (χ1n) is 12.7. The first-order chi connectivity index (χ1) is 18.2. The molecule has 0 spiro atoms. The van der Waals surface area contributed by atoms with Gasteiger partial charge in [-0.25, -0.2) is 4.52 Å². The molecule has 4 aromatic heterocycles. The fourth-order valence-electron chi connectivity index (χ4n) is 5.42. The van der Waals surface area contributed by atoms with Crippen molar-refractivity contribution in [2.75, 3.05) is 36.5 Å². The molecule has 11 heteroatoms. The Balaban J connectivity index is 1.24. The van der Waals surface area contributed by atoms with Crippen LogP contribution in [0, 0.1) is 11.3 Å². The summed E-state index contributed by atoms with van der Waals surface area (Å²) in [6.45, 7) is 2.99. The number of pyridine rings is 1. The Morgan fingerprint density at radius 3 is 2.65 bits per heavy atom. The molecular formula is C26H26N8O3. The Labute approximate surface area is 213 Å². The van der Waals surface area contributed by atoms with Gasteiger partial charge in [-0.1, -0.05) is 5.10 Å². The standard InChI is InChI=1S/C26H26N8O3/c27-11-16-9-18-1-4-24(34(18)29-12-16)23-10-22(30-17-5-7-35-8-6-17)21(13-28-23)25-31-32-26(37-25)33-14-19-2-3-20(15-33)36-19/h1,4,9-10,12-13,17,19-20H,2-3,5-8,14-15H2,(H,28,30). The highest BCUT2D eigenvalue weighted by Crippen LogP contribution is 2.35. The van der Waals surface area contributed by atoms with Crippen molar-refractivity contribution in [1.29, 1.82) is 5.26 Å². The lowest BCUT2D eigenvalue weighted by Crippen LogP contribution is -2.42. The molecule has 3 fully saturated rings. The summed E-state index contributed by atoms with van der Waals surface area (Å²) in [5, 5.41) is 26.1. The van der Waals surface area contributed by atoms with Crippen molar-refractivity contribution in [1.82, 2.24) is 24.8 Å². The zero-order valence-electron chi connectivity index (χ0n) is 20.2. The van der Waals surface area contributed by atoms with Crippen molar-refractivity contribution in [3.05, 3.63) is 42.2 Å². The fourth-order valence-corrected chi connectivity index (χ4v) is 5.42. The Hall–Kier alpha value is -4.01. The number of aromatic nitrogens is 5. The topological polar surface area (TPSA) is 127 Å². The molecule has 0 radical (unpaired) electrons. The number of ether oxygens (including phenoxy) is 2. The molecule has 1 N–H and O–H groups in total.